The Balaban J connectivity index is 2.32. The third-order valence-corrected chi connectivity index (χ3v) is 4.71. The third-order valence-electron chi connectivity index (χ3n) is 3.91. The number of hydrogen-bond donors (Lipinski definition) is 1. The maximum Gasteiger partial charge on any atom is 0.416 e. The zero-order valence-electron chi connectivity index (χ0n) is 16.8. The number of carbonyl (C=O) groups is 1. The van der Waals surface area contributed by atoms with Gasteiger partial charge in [0.2, 0.25) is 0 Å². The number of nitriles is 1. The lowest BCUT2D eigenvalue weighted by Crippen LogP contribution is -2.14. The highest BCUT2D eigenvalue weighted by molar-refractivity contribution is 14.1. The fourth-order valence-electron chi connectivity index (χ4n) is 2.57. The second-order valence-electron chi connectivity index (χ2n) is 6.31. The van der Waals surface area contributed by atoms with Crippen LogP contribution in [0, 0.1) is 14.9 Å². The number of hydrogen-bond acceptors (Lipinski definition) is 4. The molecule has 9 heteroatoms. The second kappa shape index (κ2) is 11.0. The first-order valence-electron chi connectivity index (χ1n) is 9.39. The molecule has 0 aliphatic rings. The predicted molar refractivity (Wildman–Crippen MR) is 120 cm³/mol. The first-order valence-corrected chi connectivity index (χ1v) is 10.5. The van der Waals surface area contributed by atoms with E-state index < -0.39 is 17.6 Å². The average Bonchev–Trinajstić information content (AvgIpc) is 2.71. The molecular formula is C22H20F3IN2O3. The second-order valence-corrected chi connectivity index (χ2v) is 7.48. The van der Waals surface area contributed by atoms with Crippen molar-refractivity contribution in [1.82, 2.24) is 0 Å². The van der Waals surface area contributed by atoms with Crippen LogP contribution in [-0.4, -0.2) is 19.1 Å². The molecular weight excluding hydrogens is 524 g/mol. The Bertz CT molecular complexity index is 1010. The zero-order valence-corrected chi connectivity index (χ0v) is 19.0. The highest BCUT2D eigenvalue weighted by atomic mass is 127. The van der Waals surface area contributed by atoms with Crippen LogP contribution in [0.4, 0.5) is 18.9 Å². The largest absolute Gasteiger partial charge is 0.490 e. The highest BCUT2D eigenvalue weighted by Crippen LogP contribution is 2.35. The summed E-state index contributed by atoms with van der Waals surface area (Å²) in [7, 11) is 0. The third kappa shape index (κ3) is 6.89. The Morgan fingerprint density at radius 2 is 1.97 bits per heavy atom. The van der Waals surface area contributed by atoms with E-state index in [9.17, 15) is 23.2 Å². The van der Waals surface area contributed by atoms with Gasteiger partial charge in [0.15, 0.2) is 11.5 Å². The van der Waals surface area contributed by atoms with E-state index in [0.29, 0.717) is 30.3 Å². The van der Waals surface area contributed by atoms with Gasteiger partial charge < -0.3 is 14.8 Å². The number of anilines is 1. The van der Waals surface area contributed by atoms with Crippen LogP contribution in [0.1, 0.15) is 31.4 Å². The maximum atomic E-state index is 12.9. The maximum absolute atomic E-state index is 12.9. The molecule has 2 rings (SSSR count). The van der Waals surface area contributed by atoms with Crippen LogP contribution in [-0.2, 0) is 11.0 Å². The fraction of sp³-hybridized carbons (Fsp3) is 0.273. The van der Waals surface area contributed by atoms with Gasteiger partial charge in [0.1, 0.15) is 11.6 Å². The molecule has 0 fully saturated rings. The van der Waals surface area contributed by atoms with Crippen molar-refractivity contribution in [2.24, 2.45) is 0 Å². The van der Waals surface area contributed by atoms with E-state index in [-0.39, 0.29) is 11.3 Å². The summed E-state index contributed by atoms with van der Waals surface area (Å²) in [4.78, 5) is 12.5. The van der Waals surface area contributed by atoms with Gasteiger partial charge in [0, 0.05) is 5.69 Å². The topological polar surface area (TPSA) is 71.3 Å². The van der Waals surface area contributed by atoms with Crippen molar-refractivity contribution in [3.8, 4) is 17.6 Å². The van der Waals surface area contributed by atoms with Crippen molar-refractivity contribution >= 4 is 40.3 Å². The monoisotopic (exact) mass is 544 g/mol. The van der Waals surface area contributed by atoms with Gasteiger partial charge in [-0.1, -0.05) is 13.0 Å². The Morgan fingerprint density at radius 1 is 1.23 bits per heavy atom. The lowest BCUT2D eigenvalue weighted by Gasteiger charge is -2.14. The Morgan fingerprint density at radius 3 is 2.58 bits per heavy atom. The summed E-state index contributed by atoms with van der Waals surface area (Å²) >= 11 is 2.07. The van der Waals surface area contributed by atoms with E-state index in [1.807, 2.05) is 13.8 Å². The summed E-state index contributed by atoms with van der Waals surface area (Å²) in [6.45, 7) is 4.70. The number of amides is 1. The predicted octanol–water partition coefficient (Wildman–Crippen LogP) is 6.04. The van der Waals surface area contributed by atoms with Crippen molar-refractivity contribution in [2.75, 3.05) is 18.5 Å². The van der Waals surface area contributed by atoms with Gasteiger partial charge in [0.05, 0.1) is 22.3 Å². The van der Waals surface area contributed by atoms with Gasteiger partial charge in [-0.2, -0.15) is 18.4 Å². The molecule has 1 amide bonds. The number of carbonyl (C=O) groups excluding carboxylic acids is 1. The summed E-state index contributed by atoms with van der Waals surface area (Å²) in [5, 5.41) is 11.7. The van der Waals surface area contributed by atoms with Gasteiger partial charge in [-0.3, -0.25) is 4.79 Å². The standard InChI is InChI=1S/C22H20F3IN2O3/c1-3-8-31-20-18(26)10-14(11-19(20)30-4-2)9-15(13-27)21(29)28-17-7-5-6-16(12-17)22(23,24)25/h5-7,9-12H,3-4,8H2,1-2H3,(H,28,29)/b15-9+. The smallest absolute Gasteiger partial charge is 0.416 e. The van der Waals surface area contributed by atoms with Crippen LogP contribution in [0.2, 0.25) is 0 Å². The van der Waals surface area contributed by atoms with Gasteiger partial charge in [-0.15, -0.1) is 0 Å². The van der Waals surface area contributed by atoms with Crippen LogP contribution in [0.25, 0.3) is 6.08 Å². The zero-order chi connectivity index (χ0) is 23.0. The van der Waals surface area contributed by atoms with E-state index in [1.54, 1.807) is 18.2 Å². The number of nitrogens with zero attached hydrogens (tertiary/aromatic N) is 1. The molecule has 0 spiro atoms. The lowest BCUT2D eigenvalue weighted by molar-refractivity contribution is -0.137. The molecule has 0 atom stereocenters. The number of alkyl halides is 3. The molecule has 0 aliphatic carbocycles. The summed E-state index contributed by atoms with van der Waals surface area (Å²) in [5.74, 6) is 0.235. The molecule has 0 saturated carbocycles. The van der Waals surface area contributed by atoms with Crippen molar-refractivity contribution in [3.05, 3.63) is 56.7 Å². The van der Waals surface area contributed by atoms with E-state index >= 15 is 0 Å². The number of ether oxygens (including phenoxy) is 2. The van der Waals surface area contributed by atoms with Gasteiger partial charge in [-0.25, -0.2) is 0 Å². The first-order chi connectivity index (χ1) is 14.7. The number of halogens is 4. The molecule has 0 aromatic heterocycles. The molecule has 1 N–H and O–H groups in total. The first kappa shape index (κ1) is 24.5. The van der Waals surface area contributed by atoms with E-state index in [4.69, 9.17) is 9.47 Å². The van der Waals surface area contributed by atoms with E-state index in [0.717, 1.165) is 22.1 Å². The minimum atomic E-state index is -4.54. The van der Waals surface area contributed by atoms with Crippen LogP contribution >= 0.6 is 22.6 Å². The molecule has 0 radical (unpaired) electrons. The molecule has 2 aromatic carbocycles. The Hall–Kier alpha value is -2.74. The summed E-state index contributed by atoms with van der Waals surface area (Å²) in [6, 6.07) is 9.36. The van der Waals surface area contributed by atoms with Crippen LogP contribution in [0.15, 0.2) is 42.0 Å². The average molecular weight is 544 g/mol. The molecule has 0 bridgehead atoms. The van der Waals surface area contributed by atoms with Crippen molar-refractivity contribution in [2.45, 2.75) is 26.4 Å². The quantitative estimate of drug-likeness (QED) is 0.250. The summed E-state index contributed by atoms with van der Waals surface area (Å²) in [6.07, 6.45) is -2.38. The minimum absolute atomic E-state index is 0.0612. The molecule has 0 unspecified atom stereocenters. The molecule has 0 saturated heterocycles. The molecule has 31 heavy (non-hydrogen) atoms. The van der Waals surface area contributed by atoms with Gasteiger partial charge in [0.25, 0.3) is 5.91 Å². The minimum Gasteiger partial charge on any atom is -0.490 e. The molecule has 164 valence electrons. The SMILES string of the molecule is CCCOc1c(I)cc(/C=C(\C#N)C(=O)Nc2cccc(C(F)(F)F)c2)cc1OCC. The van der Waals surface area contributed by atoms with Crippen molar-refractivity contribution in [1.29, 1.82) is 5.26 Å². The van der Waals surface area contributed by atoms with Crippen molar-refractivity contribution < 1.29 is 27.4 Å². The fourth-order valence-corrected chi connectivity index (χ4v) is 3.35. The van der Waals surface area contributed by atoms with Crippen LogP contribution in [0.3, 0.4) is 0 Å². The Labute approximate surface area is 192 Å². The van der Waals surface area contributed by atoms with Gasteiger partial charge in [-0.05, 0) is 77.9 Å². The van der Waals surface area contributed by atoms with Crippen LogP contribution in [0.5, 0.6) is 11.5 Å². The van der Waals surface area contributed by atoms with Crippen molar-refractivity contribution in [3.63, 3.8) is 0 Å². The van der Waals surface area contributed by atoms with Crippen LogP contribution < -0.4 is 14.8 Å². The Kier molecular flexibility index (Phi) is 8.74. The molecule has 0 heterocycles. The van der Waals surface area contributed by atoms with E-state index in [1.165, 1.54) is 18.2 Å². The summed E-state index contributed by atoms with van der Waals surface area (Å²) in [5.41, 5.74) is -0.703. The highest BCUT2D eigenvalue weighted by Gasteiger charge is 2.30. The number of rotatable bonds is 8. The normalized spacial score (nSPS) is 11.6. The molecule has 2 aromatic rings. The molecule has 5 nitrogen and oxygen atoms in total. The number of nitrogens with one attached hydrogen (secondary N) is 1. The van der Waals surface area contributed by atoms with E-state index in [2.05, 4.69) is 27.9 Å². The number of benzene rings is 2. The summed E-state index contributed by atoms with van der Waals surface area (Å²) < 4.78 is 50.7. The lowest BCUT2D eigenvalue weighted by atomic mass is 10.1. The van der Waals surface area contributed by atoms with Gasteiger partial charge >= 0.3 is 6.18 Å². The molecule has 0 aliphatic heterocycles.